The summed E-state index contributed by atoms with van der Waals surface area (Å²) in [7, 11) is -1.12. The van der Waals surface area contributed by atoms with E-state index in [1.165, 1.54) is 20.9 Å². The minimum Gasteiger partial charge on any atom is -0.179 e. The summed E-state index contributed by atoms with van der Waals surface area (Å²) in [5, 5.41) is 0. The highest BCUT2D eigenvalue weighted by atomic mass is 79.9. The van der Waals surface area contributed by atoms with E-state index in [9.17, 15) is 0 Å². The molecule has 2 aromatic carbocycles. The van der Waals surface area contributed by atoms with Gasteiger partial charge in [-0.15, -0.1) is 13.2 Å². The maximum Gasteiger partial charge on any atom is 0.0186 e. The van der Waals surface area contributed by atoms with Gasteiger partial charge in [-0.1, -0.05) is 56.1 Å². The Morgan fingerprint density at radius 1 is 0.810 bits per heavy atom. The number of benzene rings is 2. The first-order valence-electron chi connectivity index (χ1n) is 6.72. The van der Waals surface area contributed by atoms with Crippen LogP contribution in [0.3, 0.4) is 0 Å². The molecular formula is C18H16Br2S. The Labute approximate surface area is 144 Å². The van der Waals surface area contributed by atoms with Crippen molar-refractivity contribution in [2.75, 3.05) is 11.5 Å². The lowest BCUT2D eigenvalue weighted by Crippen LogP contribution is -2.06. The van der Waals surface area contributed by atoms with Crippen LogP contribution >= 0.6 is 41.9 Å². The lowest BCUT2D eigenvalue weighted by molar-refractivity contribution is 1.41. The van der Waals surface area contributed by atoms with Crippen LogP contribution in [0.4, 0.5) is 0 Å². The van der Waals surface area contributed by atoms with Crippen LogP contribution in [0.5, 0.6) is 0 Å². The van der Waals surface area contributed by atoms with Crippen LogP contribution in [0, 0.1) is 0 Å². The molecule has 108 valence electrons. The monoisotopic (exact) mass is 422 g/mol. The summed E-state index contributed by atoms with van der Waals surface area (Å²) in [4.78, 5) is 2.90. The molecule has 0 fully saturated rings. The highest BCUT2D eigenvalue weighted by Crippen LogP contribution is 2.72. The van der Waals surface area contributed by atoms with Gasteiger partial charge in [-0.05, 0) is 35.4 Å². The number of hydrogen-bond donors (Lipinski definition) is 0. The lowest BCUT2D eigenvalue weighted by atomic mass is 10.1. The zero-order valence-electron chi connectivity index (χ0n) is 11.6. The molecular weight excluding hydrogens is 408 g/mol. The van der Waals surface area contributed by atoms with E-state index in [-0.39, 0.29) is 0 Å². The molecule has 1 heterocycles. The Bertz CT molecular complexity index is 670. The molecule has 1 aliphatic heterocycles. The average Bonchev–Trinajstić information content (AvgIpc) is 2.70. The zero-order valence-corrected chi connectivity index (χ0v) is 15.6. The summed E-state index contributed by atoms with van der Waals surface area (Å²) in [6.45, 7) is 8.01. The van der Waals surface area contributed by atoms with Crippen LogP contribution in [-0.4, -0.2) is 11.5 Å². The summed E-state index contributed by atoms with van der Waals surface area (Å²) in [6, 6.07) is 13.3. The highest BCUT2D eigenvalue weighted by molar-refractivity contribution is 9.10. The molecule has 0 nitrogen and oxygen atoms in total. The van der Waals surface area contributed by atoms with Gasteiger partial charge in [0.15, 0.2) is 0 Å². The van der Waals surface area contributed by atoms with E-state index in [0.29, 0.717) is 0 Å². The lowest BCUT2D eigenvalue weighted by Gasteiger charge is -2.36. The Kier molecular flexibility index (Phi) is 4.17. The summed E-state index contributed by atoms with van der Waals surface area (Å²) in [6.07, 6.45) is 4.11. The smallest absolute Gasteiger partial charge is 0.0186 e. The van der Waals surface area contributed by atoms with Crippen LogP contribution in [0.1, 0.15) is 0 Å². The topological polar surface area (TPSA) is 0 Å². The van der Waals surface area contributed by atoms with E-state index < -0.39 is 10.0 Å². The average molecular weight is 424 g/mol. The molecule has 0 radical (unpaired) electrons. The molecule has 0 spiro atoms. The number of halogens is 2. The van der Waals surface area contributed by atoms with E-state index in [1.807, 2.05) is 0 Å². The molecule has 1 aliphatic rings. The molecule has 21 heavy (non-hydrogen) atoms. The van der Waals surface area contributed by atoms with Crippen LogP contribution in [-0.2, 0) is 0 Å². The van der Waals surface area contributed by atoms with Crippen molar-refractivity contribution >= 4 is 41.9 Å². The maximum absolute atomic E-state index is 4.01. The minimum absolute atomic E-state index is 0.992. The predicted octanol–water partition coefficient (Wildman–Crippen LogP) is 6.79. The second-order valence-electron chi connectivity index (χ2n) is 5.08. The highest BCUT2D eigenvalue weighted by Gasteiger charge is 2.37. The van der Waals surface area contributed by atoms with Gasteiger partial charge in [-0.3, -0.25) is 0 Å². The molecule has 0 N–H and O–H groups in total. The Morgan fingerprint density at radius 2 is 1.24 bits per heavy atom. The van der Waals surface area contributed by atoms with Crippen molar-refractivity contribution in [2.45, 2.75) is 9.79 Å². The first-order valence-corrected chi connectivity index (χ1v) is 10.3. The van der Waals surface area contributed by atoms with Crippen LogP contribution in [0.2, 0.25) is 0 Å². The number of fused-ring (bicyclic) bond motifs is 3. The second kappa shape index (κ2) is 5.79. The van der Waals surface area contributed by atoms with Crippen molar-refractivity contribution in [3.63, 3.8) is 0 Å². The van der Waals surface area contributed by atoms with Crippen molar-refractivity contribution in [3.8, 4) is 11.1 Å². The van der Waals surface area contributed by atoms with Gasteiger partial charge in [0.25, 0.3) is 0 Å². The molecule has 2 aromatic rings. The predicted molar refractivity (Wildman–Crippen MR) is 102 cm³/mol. The van der Waals surface area contributed by atoms with Gasteiger partial charge < -0.3 is 0 Å². The summed E-state index contributed by atoms with van der Waals surface area (Å²) in [5.74, 6) is 1.98. The molecule has 0 saturated carbocycles. The molecule has 0 saturated heterocycles. The fourth-order valence-electron chi connectivity index (χ4n) is 3.03. The van der Waals surface area contributed by atoms with Crippen molar-refractivity contribution < 1.29 is 0 Å². The number of hydrogen-bond acceptors (Lipinski definition) is 0. The van der Waals surface area contributed by atoms with Crippen molar-refractivity contribution in [1.29, 1.82) is 0 Å². The molecule has 3 rings (SSSR count). The second-order valence-corrected chi connectivity index (χ2v) is 10.2. The van der Waals surface area contributed by atoms with Gasteiger partial charge in [0.1, 0.15) is 0 Å². The standard InChI is InChI=1S/C18H16Br2S/c1-3-9-21(10-4-2)17-11-13(19)5-7-15(17)16-8-6-14(20)12-18(16)21/h3-8,11-12H,1-2,9-10H2. The van der Waals surface area contributed by atoms with Crippen LogP contribution in [0.25, 0.3) is 11.1 Å². The van der Waals surface area contributed by atoms with E-state index >= 15 is 0 Å². The first-order chi connectivity index (χ1) is 10.1. The van der Waals surface area contributed by atoms with E-state index in [1.54, 1.807) is 0 Å². The van der Waals surface area contributed by atoms with E-state index in [0.717, 1.165) is 20.5 Å². The summed E-state index contributed by atoms with van der Waals surface area (Å²) in [5.41, 5.74) is 2.72. The fourth-order valence-corrected chi connectivity index (χ4v) is 7.86. The minimum atomic E-state index is -1.12. The van der Waals surface area contributed by atoms with Gasteiger partial charge in [0.2, 0.25) is 0 Å². The SMILES string of the molecule is C=CCS1(CC=C)c2cc(Br)ccc2-c2ccc(Br)cc21. The van der Waals surface area contributed by atoms with Crippen molar-refractivity contribution in [3.05, 3.63) is 70.7 Å². The Hall–Kier alpha value is -0.770. The molecule has 0 unspecified atom stereocenters. The quantitative estimate of drug-likeness (QED) is 0.475. The first kappa shape index (κ1) is 15.1. The molecule has 0 amide bonds. The largest absolute Gasteiger partial charge is 0.179 e. The van der Waals surface area contributed by atoms with Crippen LogP contribution < -0.4 is 0 Å². The third-order valence-corrected chi connectivity index (χ3v) is 8.78. The van der Waals surface area contributed by atoms with Gasteiger partial charge >= 0.3 is 0 Å². The van der Waals surface area contributed by atoms with E-state index in [2.05, 4.69) is 93.6 Å². The van der Waals surface area contributed by atoms with Gasteiger partial charge in [0, 0.05) is 30.2 Å². The summed E-state index contributed by atoms with van der Waals surface area (Å²) >= 11 is 7.26. The van der Waals surface area contributed by atoms with Gasteiger partial charge in [-0.2, -0.15) is 10.0 Å². The molecule has 0 bridgehead atoms. The van der Waals surface area contributed by atoms with Gasteiger partial charge in [-0.25, -0.2) is 0 Å². The van der Waals surface area contributed by atoms with Crippen LogP contribution in [0.15, 0.2) is 80.4 Å². The summed E-state index contributed by atoms with van der Waals surface area (Å²) < 4.78 is 2.27. The molecule has 0 aromatic heterocycles. The Morgan fingerprint density at radius 3 is 1.62 bits per heavy atom. The molecule has 0 aliphatic carbocycles. The van der Waals surface area contributed by atoms with Crippen molar-refractivity contribution in [2.24, 2.45) is 0 Å². The number of rotatable bonds is 4. The van der Waals surface area contributed by atoms with E-state index in [4.69, 9.17) is 0 Å². The maximum atomic E-state index is 4.01. The Balaban J connectivity index is 2.37. The molecule has 0 atom stereocenters. The van der Waals surface area contributed by atoms with Crippen molar-refractivity contribution in [1.82, 2.24) is 0 Å². The zero-order chi connectivity index (χ0) is 15.0. The molecule has 3 heteroatoms. The van der Waals surface area contributed by atoms with Gasteiger partial charge in [0.05, 0.1) is 0 Å². The third-order valence-electron chi connectivity index (χ3n) is 3.82. The normalized spacial score (nSPS) is 15.9. The fraction of sp³-hybridized carbons (Fsp3) is 0.111. The third kappa shape index (κ3) is 2.36.